The number of hydrogen-bond donors (Lipinski definition) is 2. The third-order valence-corrected chi connectivity index (χ3v) is 2.13. The van der Waals surface area contributed by atoms with Crippen LogP contribution in [0.5, 0.6) is 0 Å². The SMILES string of the molecule is CCOC(=O)NC(=O)CN1CC[C@H](O)C1. The van der Waals surface area contributed by atoms with Crippen LogP contribution in [-0.2, 0) is 9.53 Å². The van der Waals surface area contributed by atoms with Crippen LogP contribution in [0.1, 0.15) is 13.3 Å². The van der Waals surface area contributed by atoms with E-state index in [1.54, 1.807) is 11.8 Å². The van der Waals surface area contributed by atoms with E-state index in [0.29, 0.717) is 19.5 Å². The predicted octanol–water partition coefficient (Wildman–Crippen LogP) is -0.674. The standard InChI is InChI=1S/C9H16N2O4/c1-2-15-9(14)10-8(13)6-11-4-3-7(12)5-11/h7,12H,2-6H2,1H3,(H,10,13,14)/t7-/m0/s1. The number of carbonyl (C=O) groups excluding carboxylic acids is 2. The Bertz CT molecular complexity index is 244. The second kappa shape index (κ2) is 5.67. The first-order valence-electron chi connectivity index (χ1n) is 4.99. The third kappa shape index (κ3) is 4.26. The molecule has 1 aliphatic heterocycles. The fourth-order valence-corrected chi connectivity index (χ4v) is 1.48. The van der Waals surface area contributed by atoms with Gasteiger partial charge in [0.1, 0.15) is 0 Å². The molecule has 86 valence electrons. The summed E-state index contributed by atoms with van der Waals surface area (Å²) in [6, 6.07) is 0. The van der Waals surface area contributed by atoms with E-state index in [2.05, 4.69) is 10.1 Å². The zero-order valence-corrected chi connectivity index (χ0v) is 8.73. The molecular weight excluding hydrogens is 200 g/mol. The lowest BCUT2D eigenvalue weighted by Crippen LogP contribution is -2.39. The second-order valence-corrected chi connectivity index (χ2v) is 3.45. The molecule has 0 aromatic rings. The second-order valence-electron chi connectivity index (χ2n) is 3.45. The van der Waals surface area contributed by atoms with E-state index in [0.717, 1.165) is 0 Å². The van der Waals surface area contributed by atoms with E-state index in [-0.39, 0.29) is 19.3 Å². The number of carbonyl (C=O) groups is 2. The molecule has 0 aromatic carbocycles. The van der Waals surface area contributed by atoms with Crippen LogP contribution in [0, 0.1) is 0 Å². The van der Waals surface area contributed by atoms with Crippen LogP contribution in [0.15, 0.2) is 0 Å². The summed E-state index contributed by atoms with van der Waals surface area (Å²) in [4.78, 5) is 23.9. The van der Waals surface area contributed by atoms with Gasteiger partial charge < -0.3 is 9.84 Å². The smallest absolute Gasteiger partial charge is 0.413 e. The van der Waals surface area contributed by atoms with Crippen LogP contribution in [-0.4, -0.2) is 54.4 Å². The zero-order chi connectivity index (χ0) is 11.3. The Morgan fingerprint density at radius 1 is 1.60 bits per heavy atom. The Labute approximate surface area is 88.2 Å². The minimum atomic E-state index is -0.720. The number of hydrogen-bond acceptors (Lipinski definition) is 5. The van der Waals surface area contributed by atoms with Gasteiger partial charge in [-0.25, -0.2) is 4.79 Å². The highest BCUT2D eigenvalue weighted by Gasteiger charge is 2.22. The van der Waals surface area contributed by atoms with Crippen molar-refractivity contribution in [3.63, 3.8) is 0 Å². The lowest BCUT2D eigenvalue weighted by atomic mass is 10.3. The summed E-state index contributed by atoms with van der Waals surface area (Å²) >= 11 is 0. The van der Waals surface area contributed by atoms with Crippen LogP contribution in [0.3, 0.4) is 0 Å². The maximum absolute atomic E-state index is 11.3. The minimum Gasteiger partial charge on any atom is -0.450 e. The van der Waals surface area contributed by atoms with E-state index >= 15 is 0 Å². The average Bonchev–Trinajstić information content (AvgIpc) is 2.51. The summed E-state index contributed by atoms with van der Waals surface area (Å²) < 4.78 is 4.56. The third-order valence-electron chi connectivity index (χ3n) is 2.13. The molecule has 2 amide bonds. The van der Waals surface area contributed by atoms with Gasteiger partial charge in [0.05, 0.1) is 19.3 Å². The molecule has 0 aromatic heterocycles. The molecule has 0 spiro atoms. The Balaban J connectivity index is 2.21. The van der Waals surface area contributed by atoms with Crippen molar-refractivity contribution in [2.24, 2.45) is 0 Å². The molecule has 6 nitrogen and oxygen atoms in total. The average molecular weight is 216 g/mol. The van der Waals surface area contributed by atoms with Gasteiger partial charge in [-0.2, -0.15) is 0 Å². The van der Waals surface area contributed by atoms with Crippen LogP contribution >= 0.6 is 0 Å². The zero-order valence-electron chi connectivity index (χ0n) is 8.73. The number of β-amino-alcohol motifs (C(OH)–C–C–N with tert-alkyl or cyclic N) is 1. The molecule has 0 bridgehead atoms. The van der Waals surface area contributed by atoms with E-state index in [9.17, 15) is 14.7 Å². The van der Waals surface area contributed by atoms with Gasteiger partial charge in [0.25, 0.3) is 0 Å². The van der Waals surface area contributed by atoms with Gasteiger partial charge in [0, 0.05) is 13.1 Å². The van der Waals surface area contributed by atoms with Gasteiger partial charge in [-0.1, -0.05) is 0 Å². The number of alkyl carbamates (subject to hydrolysis) is 1. The van der Waals surface area contributed by atoms with Gasteiger partial charge in [-0.3, -0.25) is 15.0 Å². The molecular formula is C9H16N2O4. The molecule has 1 fully saturated rings. The maximum atomic E-state index is 11.3. The lowest BCUT2D eigenvalue weighted by molar-refractivity contribution is -0.121. The number of nitrogens with one attached hydrogen (secondary N) is 1. The summed E-state index contributed by atoms with van der Waals surface area (Å²) in [7, 11) is 0. The minimum absolute atomic E-state index is 0.121. The summed E-state index contributed by atoms with van der Waals surface area (Å²) in [5, 5.41) is 11.3. The van der Waals surface area contributed by atoms with Crippen LogP contribution < -0.4 is 5.32 Å². The Hall–Kier alpha value is -1.14. The van der Waals surface area contributed by atoms with Crippen molar-refractivity contribution in [1.82, 2.24) is 10.2 Å². The first kappa shape index (κ1) is 11.9. The summed E-state index contributed by atoms with van der Waals surface area (Å²) in [6.07, 6.45) is -0.408. The van der Waals surface area contributed by atoms with Crippen molar-refractivity contribution in [2.75, 3.05) is 26.2 Å². The molecule has 0 unspecified atom stereocenters. The normalized spacial score (nSPS) is 21.3. The quantitative estimate of drug-likeness (QED) is 0.654. The maximum Gasteiger partial charge on any atom is 0.413 e. The van der Waals surface area contributed by atoms with Gasteiger partial charge in [0.2, 0.25) is 5.91 Å². The highest BCUT2D eigenvalue weighted by molar-refractivity contribution is 5.92. The van der Waals surface area contributed by atoms with E-state index in [4.69, 9.17) is 0 Å². The molecule has 1 saturated heterocycles. The van der Waals surface area contributed by atoms with E-state index in [1.165, 1.54) is 0 Å². The number of aliphatic hydroxyl groups is 1. The number of likely N-dealkylation sites (tertiary alicyclic amines) is 1. The van der Waals surface area contributed by atoms with Crippen molar-refractivity contribution < 1.29 is 19.4 Å². The van der Waals surface area contributed by atoms with Crippen molar-refractivity contribution in [3.05, 3.63) is 0 Å². The number of amides is 2. The number of rotatable bonds is 3. The van der Waals surface area contributed by atoms with Gasteiger partial charge >= 0.3 is 6.09 Å². The largest absolute Gasteiger partial charge is 0.450 e. The Kier molecular flexibility index (Phi) is 4.51. The first-order chi connectivity index (χ1) is 7.11. The number of ether oxygens (including phenoxy) is 1. The fourth-order valence-electron chi connectivity index (χ4n) is 1.48. The van der Waals surface area contributed by atoms with Crippen LogP contribution in [0.4, 0.5) is 4.79 Å². The number of imide groups is 1. The molecule has 0 aliphatic carbocycles. The topological polar surface area (TPSA) is 78.9 Å². The van der Waals surface area contributed by atoms with Gasteiger partial charge in [0.15, 0.2) is 0 Å². The predicted molar refractivity (Wildman–Crippen MR) is 52.2 cm³/mol. The summed E-state index contributed by atoms with van der Waals surface area (Å²) in [5.41, 5.74) is 0. The fraction of sp³-hybridized carbons (Fsp3) is 0.778. The highest BCUT2D eigenvalue weighted by Crippen LogP contribution is 2.07. The molecule has 1 atom stereocenters. The lowest BCUT2D eigenvalue weighted by Gasteiger charge is -2.13. The monoisotopic (exact) mass is 216 g/mol. The Morgan fingerprint density at radius 2 is 2.33 bits per heavy atom. The van der Waals surface area contributed by atoms with Crippen LogP contribution in [0.2, 0.25) is 0 Å². The molecule has 0 saturated carbocycles. The van der Waals surface area contributed by atoms with E-state index < -0.39 is 12.0 Å². The summed E-state index contributed by atoms with van der Waals surface area (Å²) in [5.74, 6) is -0.400. The van der Waals surface area contributed by atoms with Crippen molar-refractivity contribution >= 4 is 12.0 Å². The number of aliphatic hydroxyl groups excluding tert-OH is 1. The highest BCUT2D eigenvalue weighted by atomic mass is 16.5. The van der Waals surface area contributed by atoms with Gasteiger partial charge in [-0.05, 0) is 13.3 Å². The molecule has 2 N–H and O–H groups in total. The first-order valence-corrected chi connectivity index (χ1v) is 4.99. The number of nitrogens with zero attached hydrogens (tertiary/aromatic N) is 1. The van der Waals surface area contributed by atoms with Crippen molar-refractivity contribution in [3.8, 4) is 0 Å². The molecule has 1 aliphatic rings. The van der Waals surface area contributed by atoms with Crippen molar-refractivity contribution in [1.29, 1.82) is 0 Å². The van der Waals surface area contributed by atoms with E-state index in [1.807, 2.05) is 0 Å². The molecule has 1 rings (SSSR count). The Morgan fingerprint density at radius 3 is 2.87 bits per heavy atom. The molecule has 6 heteroatoms. The molecule has 0 radical (unpaired) electrons. The van der Waals surface area contributed by atoms with Gasteiger partial charge in [-0.15, -0.1) is 0 Å². The molecule has 15 heavy (non-hydrogen) atoms. The van der Waals surface area contributed by atoms with Crippen LogP contribution in [0.25, 0.3) is 0 Å². The molecule has 1 heterocycles. The van der Waals surface area contributed by atoms with Crippen molar-refractivity contribution in [2.45, 2.75) is 19.4 Å². The summed E-state index contributed by atoms with van der Waals surface area (Å²) in [6.45, 7) is 3.19.